The van der Waals surface area contributed by atoms with E-state index in [9.17, 15) is 15.0 Å². The summed E-state index contributed by atoms with van der Waals surface area (Å²) in [6.07, 6.45) is 3.31. The van der Waals surface area contributed by atoms with Crippen LogP contribution < -0.4 is 5.32 Å². The highest BCUT2D eigenvalue weighted by Crippen LogP contribution is 2.19. The van der Waals surface area contributed by atoms with Crippen LogP contribution in [0.3, 0.4) is 0 Å². The van der Waals surface area contributed by atoms with Gasteiger partial charge in [-0.2, -0.15) is 0 Å². The number of hydrogen-bond acceptors (Lipinski definition) is 4. The summed E-state index contributed by atoms with van der Waals surface area (Å²) < 4.78 is 0. The molecule has 1 atom stereocenters. The first kappa shape index (κ1) is 13.0. The van der Waals surface area contributed by atoms with E-state index in [2.05, 4.69) is 10.3 Å². The van der Waals surface area contributed by atoms with Gasteiger partial charge >= 0.3 is 5.97 Å². The highest BCUT2D eigenvalue weighted by Gasteiger charge is 2.19. The van der Waals surface area contributed by atoms with Gasteiger partial charge in [0.05, 0.1) is 0 Å². The van der Waals surface area contributed by atoms with E-state index in [4.69, 9.17) is 0 Å². The molecule has 0 aliphatic rings. The molecule has 5 heteroatoms. The Morgan fingerprint density at radius 3 is 2.63 bits per heavy atom. The summed E-state index contributed by atoms with van der Waals surface area (Å²) in [5.74, 6) is -0.936. The highest BCUT2D eigenvalue weighted by molar-refractivity contribution is 5.75. The first-order chi connectivity index (χ1) is 9.16. The Morgan fingerprint density at radius 1 is 1.26 bits per heavy atom. The zero-order chi connectivity index (χ0) is 13.7. The Morgan fingerprint density at radius 2 is 2.00 bits per heavy atom. The van der Waals surface area contributed by atoms with E-state index in [-0.39, 0.29) is 5.75 Å². The molecule has 0 fully saturated rings. The number of benzene rings is 1. The van der Waals surface area contributed by atoms with E-state index in [1.807, 2.05) is 12.1 Å². The van der Waals surface area contributed by atoms with Crippen LogP contribution in [0.2, 0.25) is 0 Å². The van der Waals surface area contributed by atoms with Crippen LogP contribution >= 0.6 is 0 Å². The van der Waals surface area contributed by atoms with Crippen molar-refractivity contribution in [2.24, 2.45) is 0 Å². The van der Waals surface area contributed by atoms with Crippen molar-refractivity contribution in [3.05, 3.63) is 59.9 Å². The molecule has 0 spiro atoms. The van der Waals surface area contributed by atoms with Crippen LogP contribution in [0.1, 0.15) is 17.2 Å². The van der Waals surface area contributed by atoms with Gasteiger partial charge in [-0.05, 0) is 35.4 Å². The lowest BCUT2D eigenvalue weighted by Crippen LogP contribution is -2.28. The number of nitrogens with one attached hydrogen (secondary N) is 1. The van der Waals surface area contributed by atoms with E-state index >= 15 is 0 Å². The lowest BCUT2D eigenvalue weighted by Gasteiger charge is -2.15. The molecule has 98 valence electrons. The topological polar surface area (TPSA) is 82.5 Å². The number of hydrogen-bond donors (Lipinski definition) is 3. The largest absolute Gasteiger partial charge is 0.508 e. The van der Waals surface area contributed by atoms with Crippen molar-refractivity contribution >= 4 is 5.97 Å². The number of pyridine rings is 1. The second-order valence-corrected chi connectivity index (χ2v) is 4.10. The van der Waals surface area contributed by atoms with Crippen LogP contribution in [-0.2, 0) is 11.3 Å². The number of carboxylic acids is 1. The molecule has 0 saturated heterocycles. The maximum atomic E-state index is 11.3. The summed E-state index contributed by atoms with van der Waals surface area (Å²) in [6.45, 7) is 0.412. The number of carboxylic acid groups (broad SMARTS) is 1. The third kappa shape index (κ3) is 3.53. The van der Waals surface area contributed by atoms with Crippen molar-refractivity contribution in [2.75, 3.05) is 0 Å². The SMILES string of the molecule is O=C(O)C(NCc1ccncc1)c1cccc(O)c1. The normalized spacial score (nSPS) is 12.0. The van der Waals surface area contributed by atoms with Crippen LogP contribution in [0.15, 0.2) is 48.8 Å². The second kappa shape index (κ2) is 5.97. The zero-order valence-corrected chi connectivity index (χ0v) is 10.2. The summed E-state index contributed by atoms with van der Waals surface area (Å²) in [6, 6.07) is 9.00. The van der Waals surface area contributed by atoms with Crippen molar-refractivity contribution in [1.82, 2.24) is 10.3 Å². The van der Waals surface area contributed by atoms with Crippen LogP contribution in [0.4, 0.5) is 0 Å². The molecule has 5 nitrogen and oxygen atoms in total. The molecule has 0 aliphatic carbocycles. The molecule has 1 aromatic carbocycles. The summed E-state index contributed by atoms with van der Waals surface area (Å²) in [4.78, 5) is 15.2. The van der Waals surface area contributed by atoms with Crippen molar-refractivity contribution < 1.29 is 15.0 Å². The number of phenolic OH excluding ortho intramolecular Hbond substituents is 1. The molecule has 2 rings (SSSR count). The van der Waals surface area contributed by atoms with E-state index in [0.29, 0.717) is 12.1 Å². The fourth-order valence-electron chi connectivity index (χ4n) is 1.77. The lowest BCUT2D eigenvalue weighted by molar-refractivity contribution is -0.139. The number of rotatable bonds is 5. The summed E-state index contributed by atoms with van der Waals surface area (Å²) in [5, 5.41) is 21.6. The molecular weight excluding hydrogens is 244 g/mol. The molecule has 1 aromatic heterocycles. The monoisotopic (exact) mass is 258 g/mol. The van der Waals surface area contributed by atoms with Gasteiger partial charge in [-0.3, -0.25) is 15.1 Å². The second-order valence-electron chi connectivity index (χ2n) is 4.10. The number of phenols is 1. The quantitative estimate of drug-likeness (QED) is 0.760. The number of nitrogens with zero attached hydrogens (tertiary/aromatic N) is 1. The molecule has 0 radical (unpaired) electrons. The smallest absolute Gasteiger partial charge is 0.325 e. The Hall–Kier alpha value is -2.40. The lowest BCUT2D eigenvalue weighted by atomic mass is 10.1. The Bertz CT molecular complexity index is 558. The number of aromatic nitrogens is 1. The van der Waals surface area contributed by atoms with Gasteiger partial charge in [0.15, 0.2) is 0 Å². The average molecular weight is 258 g/mol. The standard InChI is InChI=1S/C14H14N2O3/c17-12-3-1-2-11(8-12)13(14(18)19)16-9-10-4-6-15-7-5-10/h1-8,13,16-17H,9H2,(H,18,19). The third-order valence-electron chi connectivity index (χ3n) is 2.71. The van der Waals surface area contributed by atoms with Gasteiger partial charge in [0, 0.05) is 18.9 Å². The van der Waals surface area contributed by atoms with E-state index in [0.717, 1.165) is 5.56 Å². The van der Waals surface area contributed by atoms with Crippen molar-refractivity contribution in [1.29, 1.82) is 0 Å². The predicted octanol–water partition coefficient (Wildman–Crippen LogP) is 1.70. The van der Waals surface area contributed by atoms with Crippen LogP contribution in [0.25, 0.3) is 0 Å². The van der Waals surface area contributed by atoms with Crippen LogP contribution in [0.5, 0.6) is 5.75 Å². The predicted molar refractivity (Wildman–Crippen MR) is 69.6 cm³/mol. The molecule has 1 unspecified atom stereocenters. The molecule has 2 aromatic rings. The van der Waals surface area contributed by atoms with Crippen LogP contribution in [-0.4, -0.2) is 21.2 Å². The summed E-state index contributed by atoms with van der Waals surface area (Å²) in [7, 11) is 0. The van der Waals surface area contributed by atoms with Gasteiger partial charge in [-0.1, -0.05) is 12.1 Å². The van der Waals surface area contributed by atoms with Gasteiger partial charge in [0.1, 0.15) is 11.8 Å². The maximum Gasteiger partial charge on any atom is 0.325 e. The van der Waals surface area contributed by atoms with Gasteiger partial charge < -0.3 is 10.2 Å². The zero-order valence-electron chi connectivity index (χ0n) is 10.2. The van der Waals surface area contributed by atoms with E-state index in [1.54, 1.807) is 24.5 Å². The number of aliphatic carboxylic acids is 1. The van der Waals surface area contributed by atoms with Gasteiger partial charge in [-0.25, -0.2) is 0 Å². The number of carbonyl (C=O) groups is 1. The molecule has 0 saturated carbocycles. The molecular formula is C14H14N2O3. The average Bonchev–Trinajstić information content (AvgIpc) is 2.40. The summed E-state index contributed by atoms with van der Waals surface area (Å²) >= 11 is 0. The Kier molecular flexibility index (Phi) is 4.10. The van der Waals surface area contributed by atoms with Crippen LogP contribution in [0, 0.1) is 0 Å². The Labute approximate surface area is 110 Å². The van der Waals surface area contributed by atoms with E-state index < -0.39 is 12.0 Å². The third-order valence-corrected chi connectivity index (χ3v) is 2.71. The maximum absolute atomic E-state index is 11.3. The van der Waals surface area contributed by atoms with E-state index in [1.165, 1.54) is 12.1 Å². The molecule has 19 heavy (non-hydrogen) atoms. The molecule has 0 aliphatic heterocycles. The fraction of sp³-hybridized carbons (Fsp3) is 0.143. The Balaban J connectivity index is 2.11. The van der Waals surface area contributed by atoms with Crippen molar-refractivity contribution in [2.45, 2.75) is 12.6 Å². The minimum absolute atomic E-state index is 0.0504. The van der Waals surface area contributed by atoms with Gasteiger partial charge in [-0.15, -0.1) is 0 Å². The first-order valence-corrected chi connectivity index (χ1v) is 5.81. The molecule has 0 amide bonds. The summed E-state index contributed by atoms with van der Waals surface area (Å²) in [5.41, 5.74) is 1.46. The van der Waals surface area contributed by atoms with Gasteiger partial charge in [0.25, 0.3) is 0 Å². The molecule has 3 N–H and O–H groups in total. The van der Waals surface area contributed by atoms with Gasteiger partial charge in [0.2, 0.25) is 0 Å². The molecule has 0 bridgehead atoms. The van der Waals surface area contributed by atoms with Crippen molar-refractivity contribution in [3.8, 4) is 5.75 Å². The number of aromatic hydroxyl groups is 1. The minimum Gasteiger partial charge on any atom is -0.508 e. The van der Waals surface area contributed by atoms with Crippen molar-refractivity contribution in [3.63, 3.8) is 0 Å². The fourth-order valence-corrected chi connectivity index (χ4v) is 1.77. The first-order valence-electron chi connectivity index (χ1n) is 5.81. The molecule has 1 heterocycles. The minimum atomic E-state index is -0.986. The highest BCUT2D eigenvalue weighted by atomic mass is 16.4.